The number of para-hydroxylation sites is 1. The number of aromatic amines is 1. The van der Waals surface area contributed by atoms with Crippen LogP contribution in [-0.4, -0.2) is 31.8 Å². The second-order valence-electron chi connectivity index (χ2n) is 7.76. The number of rotatable bonds is 5. The fraction of sp³-hybridized carbons (Fsp3) is 0.115. The van der Waals surface area contributed by atoms with Crippen LogP contribution in [0.25, 0.3) is 22.5 Å². The quantitative estimate of drug-likeness (QED) is 0.385. The van der Waals surface area contributed by atoms with Crippen LogP contribution in [0.1, 0.15) is 21.6 Å². The Bertz CT molecular complexity index is 1470. The predicted octanol–water partition coefficient (Wildman–Crippen LogP) is 4.78. The lowest BCUT2D eigenvalue weighted by atomic mass is 10.1. The van der Waals surface area contributed by atoms with Gasteiger partial charge in [0.15, 0.2) is 0 Å². The van der Waals surface area contributed by atoms with Crippen molar-refractivity contribution in [3.63, 3.8) is 0 Å². The van der Waals surface area contributed by atoms with E-state index in [-0.39, 0.29) is 0 Å². The molecule has 0 aliphatic heterocycles. The van der Waals surface area contributed by atoms with Gasteiger partial charge >= 0.3 is 0 Å². The highest BCUT2D eigenvalue weighted by Gasteiger charge is 2.25. The van der Waals surface area contributed by atoms with E-state index in [1.165, 1.54) is 22.3 Å². The Morgan fingerprint density at radius 1 is 1.06 bits per heavy atom. The Morgan fingerprint density at radius 2 is 1.94 bits per heavy atom. The van der Waals surface area contributed by atoms with Gasteiger partial charge in [-0.3, -0.25) is 5.10 Å². The zero-order valence-electron chi connectivity index (χ0n) is 17.7. The number of thiophene rings is 1. The molecular weight excluding hydrogens is 430 g/mol. The highest BCUT2D eigenvalue weighted by atomic mass is 32.1. The third-order valence-electron chi connectivity index (χ3n) is 5.61. The molecule has 0 amide bonds. The van der Waals surface area contributed by atoms with Crippen molar-refractivity contribution in [2.75, 3.05) is 6.61 Å². The first-order valence-corrected chi connectivity index (χ1v) is 11.5. The smallest absolute Gasteiger partial charge is 0.149 e. The van der Waals surface area contributed by atoms with Crippen LogP contribution in [0.4, 0.5) is 0 Å². The summed E-state index contributed by atoms with van der Waals surface area (Å²) in [4.78, 5) is 2.69. The SMILES string of the molecule is C(#Cc1cc(-c2n[nH]c3c2Cc2ccc(Cn4nccn4)cc2-3)cs1)COc1ccccc1. The lowest BCUT2D eigenvalue weighted by molar-refractivity contribution is 0.370. The Labute approximate surface area is 194 Å². The standard InChI is InChI=1S/C26H19N5OS/c1-2-5-21(6-3-1)32-12-4-7-22-14-20(17-33-22)25-24-15-19-9-8-18(16-31-27-10-11-28-31)13-23(19)26(24)30-29-25/h1-3,5-6,8-11,13-14,17H,12,15-16H2,(H,29,30). The van der Waals surface area contributed by atoms with Crippen LogP contribution in [-0.2, 0) is 13.0 Å². The maximum absolute atomic E-state index is 5.65. The van der Waals surface area contributed by atoms with Gasteiger partial charge in [-0.1, -0.05) is 42.2 Å². The first kappa shape index (κ1) is 19.5. The molecule has 1 N–H and O–H groups in total. The van der Waals surface area contributed by atoms with Crippen LogP contribution in [0, 0.1) is 11.8 Å². The van der Waals surface area contributed by atoms with E-state index in [1.807, 2.05) is 30.3 Å². The van der Waals surface area contributed by atoms with Gasteiger partial charge in [0, 0.05) is 28.5 Å². The van der Waals surface area contributed by atoms with Crippen LogP contribution in [0.5, 0.6) is 5.75 Å². The minimum atomic E-state index is 0.362. The number of hydrogen-bond donors (Lipinski definition) is 1. The van der Waals surface area contributed by atoms with Gasteiger partial charge in [-0.15, -0.1) is 11.3 Å². The second kappa shape index (κ2) is 8.41. The first-order valence-electron chi connectivity index (χ1n) is 10.6. The topological polar surface area (TPSA) is 68.6 Å². The van der Waals surface area contributed by atoms with Crippen LogP contribution >= 0.6 is 11.3 Å². The van der Waals surface area contributed by atoms with Crippen LogP contribution < -0.4 is 4.74 Å². The molecule has 0 saturated heterocycles. The molecule has 33 heavy (non-hydrogen) atoms. The van der Waals surface area contributed by atoms with Gasteiger partial charge in [-0.2, -0.15) is 20.1 Å². The van der Waals surface area contributed by atoms with Crippen molar-refractivity contribution in [1.29, 1.82) is 0 Å². The number of hydrogen-bond acceptors (Lipinski definition) is 5. The summed E-state index contributed by atoms with van der Waals surface area (Å²) in [6.45, 7) is 1.01. The van der Waals surface area contributed by atoms with E-state index in [0.29, 0.717) is 13.2 Å². The van der Waals surface area contributed by atoms with Crippen molar-refractivity contribution in [2.24, 2.45) is 0 Å². The number of nitrogens with one attached hydrogen (secondary N) is 1. The maximum Gasteiger partial charge on any atom is 0.149 e. The van der Waals surface area contributed by atoms with E-state index in [0.717, 1.165) is 34.0 Å². The average molecular weight is 450 g/mol. The van der Waals surface area contributed by atoms with Crippen LogP contribution in [0.15, 0.2) is 72.4 Å². The van der Waals surface area contributed by atoms with E-state index in [9.17, 15) is 0 Å². The molecule has 0 saturated carbocycles. The van der Waals surface area contributed by atoms with E-state index < -0.39 is 0 Å². The third kappa shape index (κ3) is 3.93. The van der Waals surface area contributed by atoms with Gasteiger partial charge in [-0.05, 0) is 35.4 Å². The summed E-state index contributed by atoms with van der Waals surface area (Å²) in [5, 5.41) is 18.4. The summed E-state index contributed by atoms with van der Waals surface area (Å²) in [7, 11) is 0. The molecule has 0 atom stereocenters. The molecule has 6 rings (SSSR count). The summed E-state index contributed by atoms with van der Waals surface area (Å²) in [5.74, 6) is 7.13. The first-order chi connectivity index (χ1) is 16.3. The molecule has 3 heterocycles. The fourth-order valence-corrected chi connectivity index (χ4v) is 4.83. The zero-order valence-corrected chi connectivity index (χ0v) is 18.5. The molecular formula is C26H19N5OS. The molecule has 6 nitrogen and oxygen atoms in total. The highest BCUT2D eigenvalue weighted by molar-refractivity contribution is 7.11. The summed E-state index contributed by atoms with van der Waals surface area (Å²) < 4.78 is 5.65. The summed E-state index contributed by atoms with van der Waals surface area (Å²) in [6.07, 6.45) is 4.27. The van der Waals surface area contributed by atoms with E-state index in [1.54, 1.807) is 28.5 Å². The molecule has 3 aromatic heterocycles. The molecule has 0 bridgehead atoms. The Hall–Kier alpha value is -4.15. The third-order valence-corrected chi connectivity index (χ3v) is 6.45. The zero-order chi connectivity index (χ0) is 22.0. The van der Waals surface area contributed by atoms with Crippen molar-refractivity contribution in [3.8, 4) is 40.1 Å². The van der Waals surface area contributed by atoms with Gasteiger partial charge < -0.3 is 4.74 Å². The van der Waals surface area contributed by atoms with Crippen LogP contribution in [0.2, 0.25) is 0 Å². The average Bonchev–Trinajstić information content (AvgIpc) is 3.63. The minimum Gasteiger partial charge on any atom is -0.481 e. The number of aromatic nitrogens is 5. The highest BCUT2D eigenvalue weighted by Crippen LogP contribution is 2.41. The normalized spacial score (nSPS) is 11.5. The largest absolute Gasteiger partial charge is 0.481 e. The van der Waals surface area contributed by atoms with Crippen molar-refractivity contribution < 1.29 is 4.74 Å². The number of H-pyrrole nitrogens is 1. The summed E-state index contributed by atoms with van der Waals surface area (Å²) in [6, 6.07) is 18.4. The van der Waals surface area contributed by atoms with Gasteiger partial charge in [0.05, 0.1) is 35.2 Å². The van der Waals surface area contributed by atoms with Crippen molar-refractivity contribution in [1.82, 2.24) is 25.2 Å². The molecule has 1 aliphatic rings. The predicted molar refractivity (Wildman–Crippen MR) is 128 cm³/mol. The van der Waals surface area contributed by atoms with E-state index in [4.69, 9.17) is 4.74 Å². The molecule has 0 fully saturated rings. The number of fused-ring (bicyclic) bond motifs is 3. The maximum atomic E-state index is 5.65. The lowest BCUT2D eigenvalue weighted by Gasteiger charge is -2.04. The van der Waals surface area contributed by atoms with Gasteiger partial charge in [0.2, 0.25) is 0 Å². The summed E-state index contributed by atoms with van der Waals surface area (Å²) in [5.41, 5.74) is 8.13. The molecule has 0 unspecified atom stereocenters. The molecule has 0 radical (unpaired) electrons. The lowest BCUT2D eigenvalue weighted by Crippen LogP contribution is -2.03. The van der Waals surface area contributed by atoms with E-state index in [2.05, 4.69) is 61.9 Å². The molecule has 2 aromatic carbocycles. The Morgan fingerprint density at radius 3 is 2.82 bits per heavy atom. The van der Waals surface area contributed by atoms with Crippen molar-refractivity contribution >= 4 is 11.3 Å². The van der Waals surface area contributed by atoms with Gasteiger partial charge in [0.25, 0.3) is 0 Å². The monoisotopic (exact) mass is 449 g/mol. The minimum absolute atomic E-state index is 0.362. The van der Waals surface area contributed by atoms with Gasteiger partial charge in [-0.25, -0.2) is 0 Å². The number of ether oxygens (including phenoxy) is 1. The Kier molecular flexibility index (Phi) is 4.98. The molecule has 0 spiro atoms. The molecule has 1 aliphatic carbocycles. The fourth-order valence-electron chi connectivity index (χ4n) is 4.07. The van der Waals surface area contributed by atoms with Crippen LogP contribution in [0.3, 0.4) is 0 Å². The van der Waals surface area contributed by atoms with E-state index >= 15 is 0 Å². The second-order valence-corrected chi connectivity index (χ2v) is 8.67. The van der Waals surface area contributed by atoms with Crippen molar-refractivity contribution in [3.05, 3.63) is 93.9 Å². The molecule has 7 heteroatoms. The molecule has 160 valence electrons. The van der Waals surface area contributed by atoms with Crippen molar-refractivity contribution in [2.45, 2.75) is 13.0 Å². The number of nitrogens with zero attached hydrogens (tertiary/aromatic N) is 4. The molecule has 5 aromatic rings. The Balaban J connectivity index is 1.19. The number of benzene rings is 2. The van der Waals surface area contributed by atoms with Gasteiger partial charge in [0.1, 0.15) is 12.4 Å². The summed E-state index contributed by atoms with van der Waals surface area (Å²) >= 11 is 1.63.